The van der Waals surface area contributed by atoms with E-state index in [-0.39, 0.29) is 5.91 Å². The van der Waals surface area contributed by atoms with Crippen LogP contribution in [0.2, 0.25) is 0 Å². The van der Waals surface area contributed by atoms with Crippen molar-refractivity contribution in [3.63, 3.8) is 0 Å². The van der Waals surface area contributed by atoms with Gasteiger partial charge in [-0.3, -0.25) is 9.78 Å². The predicted molar refractivity (Wildman–Crippen MR) is 96.1 cm³/mol. The molecule has 1 aliphatic heterocycles. The summed E-state index contributed by atoms with van der Waals surface area (Å²) in [5.74, 6) is 2.68. The quantitative estimate of drug-likeness (QED) is 0.682. The van der Waals surface area contributed by atoms with Crippen LogP contribution in [0.25, 0.3) is 0 Å². The molecule has 27 heavy (non-hydrogen) atoms. The summed E-state index contributed by atoms with van der Waals surface area (Å²) < 4.78 is 12.7. The molecule has 0 atom stereocenters. The minimum Gasteiger partial charge on any atom is -0.453 e. The Hall–Kier alpha value is -3.00. The van der Waals surface area contributed by atoms with Crippen molar-refractivity contribution >= 4 is 5.91 Å². The molecule has 0 radical (unpaired) electrons. The van der Waals surface area contributed by atoms with Crippen LogP contribution in [0.1, 0.15) is 33.5 Å². The predicted octanol–water partition coefficient (Wildman–Crippen LogP) is 1.70. The third-order valence-electron chi connectivity index (χ3n) is 4.63. The number of carbonyl (C=O) groups is 1. The van der Waals surface area contributed by atoms with Gasteiger partial charge >= 0.3 is 0 Å². The van der Waals surface area contributed by atoms with Crippen LogP contribution in [0.4, 0.5) is 0 Å². The van der Waals surface area contributed by atoms with E-state index in [0.29, 0.717) is 50.6 Å². The maximum atomic E-state index is 12.8. The van der Waals surface area contributed by atoms with E-state index < -0.39 is 0 Å². The number of ether oxygens (including phenoxy) is 1. The van der Waals surface area contributed by atoms with Crippen LogP contribution in [-0.2, 0) is 30.7 Å². The van der Waals surface area contributed by atoms with Gasteiger partial charge in [0.15, 0.2) is 5.76 Å². The summed E-state index contributed by atoms with van der Waals surface area (Å²) in [6.45, 7) is 2.19. The Kier molecular flexibility index (Phi) is 4.97. The van der Waals surface area contributed by atoms with Crippen LogP contribution >= 0.6 is 0 Å². The number of methoxy groups -OCH3 is 1. The van der Waals surface area contributed by atoms with E-state index in [1.165, 1.54) is 0 Å². The van der Waals surface area contributed by atoms with Gasteiger partial charge < -0.3 is 18.6 Å². The van der Waals surface area contributed by atoms with E-state index in [2.05, 4.69) is 19.7 Å². The zero-order chi connectivity index (χ0) is 18.6. The van der Waals surface area contributed by atoms with E-state index in [1.54, 1.807) is 30.3 Å². The van der Waals surface area contributed by atoms with E-state index in [0.717, 1.165) is 17.2 Å². The molecule has 0 aliphatic carbocycles. The van der Waals surface area contributed by atoms with Gasteiger partial charge in [-0.05, 0) is 23.8 Å². The number of fused-ring (bicyclic) bond motifs is 1. The molecule has 0 saturated carbocycles. The number of pyridine rings is 1. The molecule has 0 saturated heterocycles. The van der Waals surface area contributed by atoms with Crippen molar-refractivity contribution < 1.29 is 13.9 Å². The average Bonchev–Trinajstić information content (AvgIpc) is 3.24. The fourth-order valence-electron chi connectivity index (χ4n) is 3.27. The Bertz CT molecular complexity index is 919. The number of aromatic nitrogens is 4. The molecule has 0 fully saturated rings. The SMILES string of the molecule is COCc1ccc(C(=O)N2CCc3nnc(Cc4cccnc4)n3CC2)o1. The number of amides is 1. The fourth-order valence-corrected chi connectivity index (χ4v) is 3.27. The largest absolute Gasteiger partial charge is 0.453 e. The van der Waals surface area contributed by atoms with Gasteiger partial charge in [0.25, 0.3) is 5.91 Å². The van der Waals surface area contributed by atoms with Crippen molar-refractivity contribution in [2.24, 2.45) is 0 Å². The van der Waals surface area contributed by atoms with Gasteiger partial charge in [-0.15, -0.1) is 10.2 Å². The number of furan rings is 1. The van der Waals surface area contributed by atoms with Crippen LogP contribution in [-0.4, -0.2) is 50.8 Å². The summed E-state index contributed by atoms with van der Waals surface area (Å²) >= 11 is 0. The smallest absolute Gasteiger partial charge is 0.289 e. The summed E-state index contributed by atoms with van der Waals surface area (Å²) in [5, 5.41) is 8.66. The van der Waals surface area contributed by atoms with Gasteiger partial charge in [-0.2, -0.15) is 0 Å². The number of nitrogens with zero attached hydrogens (tertiary/aromatic N) is 5. The lowest BCUT2D eigenvalue weighted by Crippen LogP contribution is -2.33. The van der Waals surface area contributed by atoms with Gasteiger partial charge in [0.05, 0.1) is 0 Å². The molecule has 8 nitrogen and oxygen atoms in total. The van der Waals surface area contributed by atoms with Crippen molar-refractivity contribution in [2.45, 2.75) is 26.0 Å². The summed E-state index contributed by atoms with van der Waals surface area (Å²) in [5.41, 5.74) is 1.09. The lowest BCUT2D eigenvalue weighted by Gasteiger charge is -2.18. The molecular weight excluding hydrogens is 346 g/mol. The second kappa shape index (κ2) is 7.71. The number of rotatable bonds is 5. The molecule has 0 aromatic carbocycles. The molecule has 0 spiro atoms. The van der Waals surface area contributed by atoms with E-state index in [9.17, 15) is 4.79 Å². The topological polar surface area (TPSA) is 86.3 Å². The summed E-state index contributed by atoms with van der Waals surface area (Å²) in [7, 11) is 1.59. The Morgan fingerprint density at radius 2 is 2.15 bits per heavy atom. The molecule has 1 amide bonds. The Morgan fingerprint density at radius 3 is 2.96 bits per heavy atom. The second-order valence-corrected chi connectivity index (χ2v) is 6.46. The van der Waals surface area contributed by atoms with Crippen molar-refractivity contribution in [3.8, 4) is 0 Å². The van der Waals surface area contributed by atoms with E-state index in [1.807, 2.05) is 18.3 Å². The summed E-state index contributed by atoms with van der Waals surface area (Å²) in [6.07, 6.45) is 4.93. The first kappa shape index (κ1) is 17.4. The normalized spacial score (nSPS) is 14.0. The van der Waals surface area contributed by atoms with Gasteiger partial charge in [0.1, 0.15) is 24.0 Å². The van der Waals surface area contributed by atoms with Crippen molar-refractivity contribution in [1.82, 2.24) is 24.6 Å². The van der Waals surface area contributed by atoms with Crippen molar-refractivity contribution in [2.75, 3.05) is 20.2 Å². The molecule has 3 aromatic rings. The second-order valence-electron chi connectivity index (χ2n) is 6.46. The van der Waals surface area contributed by atoms with Crippen LogP contribution in [0.3, 0.4) is 0 Å². The molecular formula is C19H21N5O3. The first-order valence-electron chi connectivity index (χ1n) is 8.91. The average molecular weight is 367 g/mol. The Labute approximate surface area is 156 Å². The highest BCUT2D eigenvalue weighted by atomic mass is 16.5. The molecule has 0 unspecified atom stereocenters. The summed E-state index contributed by atoms with van der Waals surface area (Å²) in [4.78, 5) is 18.7. The third kappa shape index (κ3) is 3.75. The molecule has 0 N–H and O–H groups in total. The van der Waals surface area contributed by atoms with Crippen LogP contribution in [0.15, 0.2) is 41.1 Å². The van der Waals surface area contributed by atoms with E-state index >= 15 is 0 Å². The van der Waals surface area contributed by atoms with Gasteiger partial charge in [-0.25, -0.2) is 0 Å². The molecule has 8 heteroatoms. The maximum Gasteiger partial charge on any atom is 0.289 e. The molecule has 140 valence electrons. The van der Waals surface area contributed by atoms with Crippen molar-refractivity contribution in [1.29, 1.82) is 0 Å². The Morgan fingerprint density at radius 1 is 1.22 bits per heavy atom. The molecule has 1 aliphatic rings. The minimum atomic E-state index is -0.107. The van der Waals surface area contributed by atoms with Crippen molar-refractivity contribution in [3.05, 3.63) is 65.4 Å². The van der Waals surface area contributed by atoms with Crippen LogP contribution in [0.5, 0.6) is 0 Å². The highest BCUT2D eigenvalue weighted by Gasteiger charge is 2.24. The molecule has 4 heterocycles. The maximum absolute atomic E-state index is 12.8. The molecule has 3 aromatic heterocycles. The van der Waals surface area contributed by atoms with Gasteiger partial charge in [0, 0.05) is 52.0 Å². The summed E-state index contributed by atoms with van der Waals surface area (Å²) in [6, 6.07) is 7.41. The lowest BCUT2D eigenvalue weighted by molar-refractivity contribution is 0.0719. The number of carbonyl (C=O) groups excluding carboxylic acids is 1. The van der Waals surface area contributed by atoms with Crippen LogP contribution in [0, 0.1) is 0 Å². The highest BCUT2D eigenvalue weighted by Crippen LogP contribution is 2.16. The molecule has 4 rings (SSSR count). The third-order valence-corrected chi connectivity index (χ3v) is 4.63. The fraction of sp³-hybridized carbons (Fsp3) is 0.368. The minimum absolute atomic E-state index is 0.107. The lowest BCUT2D eigenvalue weighted by atomic mass is 10.2. The van der Waals surface area contributed by atoms with Gasteiger partial charge in [-0.1, -0.05) is 6.07 Å². The Balaban J connectivity index is 1.46. The number of hydrogen-bond donors (Lipinski definition) is 0. The standard InChI is InChI=1S/C19H21N5O3/c1-26-13-15-4-5-16(27-15)19(25)23-8-6-17-21-22-18(24(17)10-9-23)11-14-3-2-7-20-12-14/h2-5,7,12H,6,8-11,13H2,1H3. The van der Waals surface area contributed by atoms with Gasteiger partial charge in [0.2, 0.25) is 0 Å². The first-order valence-corrected chi connectivity index (χ1v) is 8.91. The number of hydrogen-bond acceptors (Lipinski definition) is 6. The molecule has 0 bridgehead atoms. The van der Waals surface area contributed by atoms with Crippen LogP contribution < -0.4 is 0 Å². The monoisotopic (exact) mass is 367 g/mol. The zero-order valence-corrected chi connectivity index (χ0v) is 15.2. The highest BCUT2D eigenvalue weighted by molar-refractivity contribution is 5.91. The van der Waals surface area contributed by atoms with E-state index in [4.69, 9.17) is 9.15 Å². The zero-order valence-electron chi connectivity index (χ0n) is 15.2. The first-order chi connectivity index (χ1) is 13.2.